The third-order valence-corrected chi connectivity index (χ3v) is 4.62. The van der Waals surface area contributed by atoms with Crippen molar-refractivity contribution in [2.24, 2.45) is 0 Å². The van der Waals surface area contributed by atoms with Gasteiger partial charge in [-0.3, -0.25) is 0 Å². The van der Waals surface area contributed by atoms with Gasteiger partial charge in [-0.15, -0.1) is 0 Å². The van der Waals surface area contributed by atoms with Crippen molar-refractivity contribution in [3.05, 3.63) is 94.5 Å². The molecule has 27 heavy (non-hydrogen) atoms. The monoisotopic (exact) mass is 395 g/mol. The standard InChI is InChI=1S/C22H15Cl2NO2/c23-17-9-5-10-18(24)22(17)27-20-13-12-16-8-4-11-19(21(16)25-20)26-14-15-6-2-1-3-7-15/h1-13H,14H2. The first kappa shape index (κ1) is 17.7. The van der Waals surface area contributed by atoms with E-state index in [1.807, 2.05) is 54.6 Å². The van der Waals surface area contributed by atoms with Crippen molar-refractivity contribution < 1.29 is 9.47 Å². The zero-order valence-electron chi connectivity index (χ0n) is 14.2. The van der Waals surface area contributed by atoms with Crippen LogP contribution < -0.4 is 9.47 Å². The molecule has 3 nitrogen and oxygen atoms in total. The largest absolute Gasteiger partial charge is 0.487 e. The second-order valence-corrected chi connectivity index (χ2v) is 6.72. The molecule has 1 heterocycles. The molecule has 4 aromatic rings. The summed E-state index contributed by atoms with van der Waals surface area (Å²) >= 11 is 12.4. The number of fused-ring (bicyclic) bond motifs is 1. The Kier molecular flexibility index (Phi) is 5.14. The van der Waals surface area contributed by atoms with Crippen LogP contribution >= 0.6 is 23.2 Å². The minimum absolute atomic E-state index is 0.385. The van der Waals surface area contributed by atoms with E-state index in [1.165, 1.54) is 0 Å². The molecule has 0 bridgehead atoms. The zero-order chi connectivity index (χ0) is 18.6. The van der Waals surface area contributed by atoms with Crippen molar-refractivity contribution in [3.63, 3.8) is 0 Å². The van der Waals surface area contributed by atoms with Crippen LogP contribution in [0, 0.1) is 0 Å². The van der Waals surface area contributed by atoms with Gasteiger partial charge in [-0.2, -0.15) is 0 Å². The van der Waals surface area contributed by atoms with Gasteiger partial charge >= 0.3 is 0 Å². The Morgan fingerprint density at radius 2 is 1.48 bits per heavy atom. The molecule has 4 rings (SSSR count). The van der Waals surface area contributed by atoms with Gasteiger partial charge in [-0.1, -0.05) is 71.7 Å². The van der Waals surface area contributed by atoms with E-state index in [9.17, 15) is 0 Å². The van der Waals surface area contributed by atoms with E-state index in [0.29, 0.717) is 39.5 Å². The predicted octanol–water partition coefficient (Wildman–Crippen LogP) is 6.91. The molecule has 134 valence electrons. The van der Waals surface area contributed by atoms with Crippen molar-refractivity contribution in [1.29, 1.82) is 0 Å². The fourth-order valence-corrected chi connectivity index (χ4v) is 3.17. The molecule has 1 aromatic heterocycles. The van der Waals surface area contributed by atoms with Crippen LogP contribution in [-0.4, -0.2) is 4.98 Å². The minimum Gasteiger partial charge on any atom is -0.487 e. The highest BCUT2D eigenvalue weighted by atomic mass is 35.5. The van der Waals surface area contributed by atoms with Crippen molar-refractivity contribution in [3.8, 4) is 17.4 Å². The molecule has 0 aliphatic rings. The number of pyridine rings is 1. The molecule has 0 saturated heterocycles. The molecule has 0 saturated carbocycles. The van der Waals surface area contributed by atoms with E-state index in [4.69, 9.17) is 32.7 Å². The topological polar surface area (TPSA) is 31.4 Å². The second-order valence-electron chi connectivity index (χ2n) is 5.90. The van der Waals surface area contributed by atoms with Gasteiger partial charge in [0.2, 0.25) is 5.88 Å². The van der Waals surface area contributed by atoms with Crippen LogP contribution in [-0.2, 0) is 6.61 Å². The van der Waals surface area contributed by atoms with E-state index in [2.05, 4.69) is 4.98 Å². The molecule has 0 spiro atoms. The Morgan fingerprint density at radius 1 is 0.741 bits per heavy atom. The molecule has 0 atom stereocenters. The van der Waals surface area contributed by atoms with E-state index >= 15 is 0 Å². The molecule has 0 amide bonds. The Balaban J connectivity index is 1.64. The van der Waals surface area contributed by atoms with Crippen LogP contribution in [0.25, 0.3) is 10.9 Å². The van der Waals surface area contributed by atoms with Crippen LogP contribution in [0.3, 0.4) is 0 Å². The number of ether oxygens (including phenoxy) is 2. The summed E-state index contributed by atoms with van der Waals surface area (Å²) in [7, 11) is 0. The van der Waals surface area contributed by atoms with Gasteiger partial charge in [0, 0.05) is 11.5 Å². The molecule has 3 aromatic carbocycles. The van der Waals surface area contributed by atoms with Crippen LogP contribution in [0.5, 0.6) is 17.4 Å². The van der Waals surface area contributed by atoms with Crippen LogP contribution in [0.2, 0.25) is 10.0 Å². The van der Waals surface area contributed by atoms with Crippen LogP contribution in [0.15, 0.2) is 78.9 Å². The summed E-state index contributed by atoms with van der Waals surface area (Å²) in [4.78, 5) is 4.60. The maximum absolute atomic E-state index is 6.18. The molecule has 5 heteroatoms. The van der Waals surface area contributed by atoms with Crippen molar-refractivity contribution >= 4 is 34.1 Å². The summed E-state index contributed by atoms with van der Waals surface area (Å²) in [5, 5.41) is 1.81. The van der Waals surface area contributed by atoms with Gasteiger partial charge in [0.1, 0.15) is 17.9 Å². The van der Waals surface area contributed by atoms with Gasteiger partial charge < -0.3 is 9.47 Å². The predicted molar refractivity (Wildman–Crippen MR) is 109 cm³/mol. The highest BCUT2D eigenvalue weighted by Crippen LogP contribution is 2.36. The lowest BCUT2D eigenvalue weighted by Gasteiger charge is -2.12. The number of hydrogen-bond donors (Lipinski definition) is 0. The second kappa shape index (κ2) is 7.87. The van der Waals surface area contributed by atoms with E-state index in [0.717, 1.165) is 10.9 Å². The van der Waals surface area contributed by atoms with Crippen molar-refractivity contribution in [1.82, 2.24) is 4.98 Å². The zero-order valence-corrected chi connectivity index (χ0v) is 15.7. The first-order valence-corrected chi connectivity index (χ1v) is 9.15. The minimum atomic E-state index is 0.385. The molecule has 0 radical (unpaired) electrons. The summed E-state index contributed by atoms with van der Waals surface area (Å²) in [6.07, 6.45) is 0. The fourth-order valence-electron chi connectivity index (χ4n) is 2.70. The lowest BCUT2D eigenvalue weighted by atomic mass is 10.2. The van der Waals surface area contributed by atoms with E-state index < -0.39 is 0 Å². The Morgan fingerprint density at radius 3 is 2.26 bits per heavy atom. The van der Waals surface area contributed by atoms with Gasteiger partial charge in [0.05, 0.1) is 10.0 Å². The Hall–Kier alpha value is -2.75. The normalized spacial score (nSPS) is 10.7. The van der Waals surface area contributed by atoms with Gasteiger partial charge in [-0.05, 0) is 29.8 Å². The summed E-state index contributed by atoms with van der Waals surface area (Å²) < 4.78 is 11.8. The fraction of sp³-hybridized carbons (Fsp3) is 0.0455. The first-order valence-electron chi connectivity index (χ1n) is 8.39. The summed E-state index contributed by atoms with van der Waals surface area (Å²) in [5.74, 6) is 1.47. The summed E-state index contributed by atoms with van der Waals surface area (Å²) in [6.45, 7) is 0.461. The third kappa shape index (κ3) is 4.00. The number of nitrogens with zero attached hydrogens (tertiary/aromatic N) is 1. The summed E-state index contributed by atoms with van der Waals surface area (Å²) in [5.41, 5.74) is 1.80. The molecule has 0 unspecified atom stereocenters. The average Bonchev–Trinajstić information content (AvgIpc) is 2.70. The number of para-hydroxylation sites is 2. The molecule has 0 aliphatic heterocycles. The average molecular weight is 396 g/mol. The number of hydrogen-bond acceptors (Lipinski definition) is 3. The number of aromatic nitrogens is 1. The Labute approximate surface area is 167 Å². The van der Waals surface area contributed by atoms with Crippen LogP contribution in [0.4, 0.5) is 0 Å². The highest BCUT2D eigenvalue weighted by Gasteiger charge is 2.11. The molecular weight excluding hydrogens is 381 g/mol. The van der Waals surface area contributed by atoms with Crippen molar-refractivity contribution in [2.45, 2.75) is 6.61 Å². The lowest BCUT2D eigenvalue weighted by molar-refractivity contribution is 0.309. The molecular formula is C22H15Cl2NO2. The number of benzene rings is 3. The highest BCUT2D eigenvalue weighted by molar-refractivity contribution is 6.37. The van der Waals surface area contributed by atoms with Crippen molar-refractivity contribution in [2.75, 3.05) is 0 Å². The smallest absolute Gasteiger partial charge is 0.220 e. The van der Waals surface area contributed by atoms with Gasteiger partial charge in [-0.25, -0.2) is 4.98 Å². The Bertz CT molecular complexity index is 1060. The van der Waals surface area contributed by atoms with Gasteiger partial charge in [0.15, 0.2) is 5.75 Å². The third-order valence-electron chi connectivity index (χ3n) is 4.02. The number of rotatable bonds is 5. The molecule has 0 fully saturated rings. The first-order chi connectivity index (χ1) is 13.2. The maximum Gasteiger partial charge on any atom is 0.220 e. The molecule has 0 N–H and O–H groups in total. The van der Waals surface area contributed by atoms with Gasteiger partial charge in [0.25, 0.3) is 0 Å². The van der Waals surface area contributed by atoms with E-state index in [-0.39, 0.29) is 0 Å². The quantitative estimate of drug-likeness (QED) is 0.367. The number of halogens is 2. The maximum atomic E-state index is 6.18. The molecule has 0 aliphatic carbocycles. The van der Waals surface area contributed by atoms with E-state index in [1.54, 1.807) is 24.3 Å². The lowest BCUT2D eigenvalue weighted by Crippen LogP contribution is -1.97. The van der Waals surface area contributed by atoms with Crippen LogP contribution in [0.1, 0.15) is 5.56 Å². The summed E-state index contributed by atoms with van der Waals surface area (Å²) in [6, 6.07) is 24.7. The SMILES string of the molecule is Clc1cccc(Cl)c1Oc1ccc2cccc(OCc3ccccc3)c2n1.